The van der Waals surface area contributed by atoms with Gasteiger partial charge in [-0.05, 0) is 47.6 Å². The van der Waals surface area contributed by atoms with Gasteiger partial charge in [0.25, 0.3) is 0 Å². The number of hydrogen-bond acceptors (Lipinski definition) is 5. The van der Waals surface area contributed by atoms with Crippen molar-refractivity contribution in [1.29, 1.82) is 0 Å². The molecular formula is C16H28O6. The molecule has 0 fully saturated rings. The van der Waals surface area contributed by atoms with Crippen LogP contribution in [0.3, 0.4) is 0 Å². The van der Waals surface area contributed by atoms with Gasteiger partial charge in [-0.1, -0.05) is 6.58 Å². The fourth-order valence-electron chi connectivity index (χ4n) is 1.25. The minimum Gasteiger partial charge on any atom is -0.478 e. The minimum atomic E-state index is -0.892. The van der Waals surface area contributed by atoms with E-state index in [9.17, 15) is 9.59 Å². The molecule has 2 unspecified atom stereocenters. The van der Waals surface area contributed by atoms with Crippen LogP contribution < -0.4 is 0 Å². The second kappa shape index (κ2) is 13.0. The van der Waals surface area contributed by atoms with E-state index in [2.05, 4.69) is 6.58 Å². The molecular weight excluding hydrogens is 288 g/mol. The maximum Gasteiger partial charge on any atom is 0.335 e. The van der Waals surface area contributed by atoms with Crippen molar-refractivity contribution in [3.8, 4) is 0 Å². The SMILES string of the molecule is C=C(C)C(=O)OC(C)OCC.CCOC(C)C=C(C)C(=O)O. The van der Waals surface area contributed by atoms with Gasteiger partial charge in [-0.2, -0.15) is 0 Å². The van der Waals surface area contributed by atoms with E-state index in [0.717, 1.165) is 0 Å². The smallest absolute Gasteiger partial charge is 0.335 e. The Labute approximate surface area is 132 Å². The fourth-order valence-corrected chi connectivity index (χ4v) is 1.25. The monoisotopic (exact) mass is 316 g/mol. The second-order valence-corrected chi connectivity index (χ2v) is 4.52. The maximum atomic E-state index is 10.8. The summed E-state index contributed by atoms with van der Waals surface area (Å²) in [4.78, 5) is 21.1. The standard InChI is InChI=1S/2C8H14O3/c1-5-10-7(4)11-8(9)6(2)3;1-4-11-7(3)5-6(2)8(9)10/h7H,2,5H2,1,3-4H3;5,7H,4H2,1-3H3,(H,9,10). The van der Waals surface area contributed by atoms with E-state index in [-0.39, 0.29) is 6.10 Å². The summed E-state index contributed by atoms with van der Waals surface area (Å²) < 4.78 is 14.9. The van der Waals surface area contributed by atoms with Crippen LogP contribution >= 0.6 is 0 Å². The molecule has 0 radical (unpaired) electrons. The first kappa shape index (κ1) is 22.6. The molecule has 0 saturated heterocycles. The Morgan fingerprint density at radius 1 is 1.14 bits per heavy atom. The number of ether oxygens (including phenoxy) is 3. The van der Waals surface area contributed by atoms with E-state index in [0.29, 0.717) is 24.4 Å². The van der Waals surface area contributed by atoms with Crippen molar-refractivity contribution in [1.82, 2.24) is 0 Å². The number of carboxylic acids is 1. The highest BCUT2D eigenvalue weighted by atomic mass is 16.7. The first-order valence-electron chi connectivity index (χ1n) is 7.16. The fraction of sp³-hybridized carbons (Fsp3) is 0.625. The van der Waals surface area contributed by atoms with Crippen LogP contribution in [0.4, 0.5) is 0 Å². The minimum absolute atomic E-state index is 0.115. The van der Waals surface area contributed by atoms with Crippen molar-refractivity contribution < 1.29 is 28.9 Å². The first-order chi connectivity index (χ1) is 10.1. The lowest BCUT2D eigenvalue weighted by Crippen LogP contribution is -2.18. The van der Waals surface area contributed by atoms with E-state index in [1.807, 2.05) is 20.8 Å². The molecule has 0 heterocycles. The predicted molar refractivity (Wildman–Crippen MR) is 84.5 cm³/mol. The Hall–Kier alpha value is -1.66. The average molecular weight is 316 g/mol. The highest BCUT2D eigenvalue weighted by molar-refractivity contribution is 5.87. The van der Waals surface area contributed by atoms with Gasteiger partial charge in [0.2, 0.25) is 0 Å². The lowest BCUT2D eigenvalue weighted by Gasteiger charge is -2.11. The summed E-state index contributed by atoms with van der Waals surface area (Å²) in [5.41, 5.74) is 0.711. The van der Waals surface area contributed by atoms with Gasteiger partial charge in [0.15, 0.2) is 6.29 Å². The van der Waals surface area contributed by atoms with Gasteiger partial charge in [-0.25, -0.2) is 9.59 Å². The van der Waals surface area contributed by atoms with Gasteiger partial charge in [-0.15, -0.1) is 0 Å². The van der Waals surface area contributed by atoms with Crippen molar-refractivity contribution >= 4 is 11.9 Å². The van der Waals surface area contributed by atoms with Crippen molar-refractivity contribution in [3.63, 3.8) is 0 Å². The second-order valence-electron chi connectivity index (χ2n) is 4.52. The van der Waals surface area contributed by atoms with Crippen molar-refractivity contribution in [2.75, 3.05) is 13.2 Å². The van der Waals surface area contributed by atoms with Crippen LogP contribution in [-0.4, -0.2) is 42.7 Å². The molecule has 0 aliphatic rings. The molecule has 2 atom stereocenters. The quantitative estimate of drug-likeness (QED) is 0.421. The topological polar surface area (TPSA) is 82.1 Å². The molecule has 0 spiro atoms. The van der Waals surface area contributed by atoms with Gasteiger partial charge in [0.1, 0.15) is 0 Å². The molecule has 1 N–H and O–H groups in total. The van der Waals surface area contributed by atoms with E-state index in [4.69, 9.17) is 19.3 Å². The van der Waals surface area contributed by atoms with E-state index in [1.165, 1.54) is 0 Å². The van der Waals surface area contributed by atoms with Crippen LogP contribution in [0.5, 0.6) is 0 Å². The van der Waals surface area contributed by atoms with Crippen molar-refractivity contribution in [2.45, 2.75) is 53.9 Å². The van der Waals surface area contributed by atoms with E-state index in [1.54, 1.807) is 26.8 Å². The molecule has 6 heteroatoms. The predicted octanol–water partition coefficient (Wildman–Crippen LogP) is 2.93. The Balaban J connectivity index is 0. The number of carboxylic acid groups (broad SMARTS) is 1. The summed E-state index contributed by atoms with van der Waals surface area (Å²) >= 11 is 0. The third-order valence-electron chi connectivity index (χ3n) is 2.27. The lowest BCUT2D eigenvalue weighted by atomic mass is 10.2. The summed E-state index contributed by atoms with van der Waals surface area (Å²) in [5, 5.41) is 8.48. The molecule has 0 aromatic rings. The number of rotatable bonds is 8. The summed E-state index contributed by atoms with van der Waals surface area (Å²) in [6.45, 7) is 14.9. The normalized spacial score (nSPS) is 13.5. The molecule has 6 nitrogen and oxygen atoms in total. The number of aliphatic carboxylic acids is 1. The molecule has 0 amide bonds. The first-order valence-corrected chi connectivity index (χ1v) is 7.16. The summed E-state index contributed by atoms with van der Waals surface area (Å²) in [5.74, 6) is -1.30. The molecule has 0 bridgehead atoms. The summed E-state index contributed by atoms with van der Waals surface area (Å²) in [6, 6.07) is 0. The summed E-state index contributed by atoms with van der Waals surface area (Å²) in [7, 11) is 0. The van der Waals surface area contributed by atoms with Crippen molar-refractivity contribution in [3.05, 3.63) is 23.8 Å². The van der Waals surface area contributed by atoms with Gasteiger partial charge in [0.05, 0.1) is 6.10 Å². The Bertz CT molecular complexity index is 386. The van der Waals surface area contributed by atoms with Crippen LogP contribution in [0.2, 0.25) is 0 Å². The van der Waals surface area contributed by atoms with E-state index < -0.39 is 18.2 Å². The van der Waals surface area contributed by atoms with Gasteiger partial charge < -0.3 is 19.3 Å². The Kier molecular flexibility index (Phi) is 13.4. The Morgan fingerprint density at radius 3 is 2.00 bits per heavy atom. The molecule has 0 aliphatic carbocycles. The third-order valence-corrected chi connectivity index (χ3v) is 2.27. The molecule has 0 aromatic carbocycles. The molecule has 0 aromatic heterocycles. The zero-order chi connectivity index (χ0) is 17.7. The van der Waals surface area contributed by atoms with Crippen LogP contribution in [0.15, 0.2) is 23.8 Å². The van der Waals surface area contributed by atoms with Crippen molar-refractivity contribution in [2.24, 2.45) is 0 Å². The largest absolute Gasteiger partial charge is 0.478 e. The zero-order valence-electron chi connectivity index (χ0n) is 14.3. The number of carbonyl (C=O) groups excluding carboxylic acids is 1. The molecule has 0 rings (SSSR count). The van der Waals surface area contributed by atoms with Crippen LogP contribution in [0.25, 0.3) is 0 Å². The van der Waals surface area contributed by atoms with Gasteiger partial charge >= 0.3 is 11.9 Å². The molecule has 22 heavy (non-hydrogen) atoms. The molecule has 0 saturated carbocycles. The van der Waals surface area contributed by atoms with Gasteiger partial charge in [0, 0.05) is 24.4 Å². The van der Waals surface area contributed by atoms with Gasteiger partial charge in [-0.3, -0.25) is 0 Å². The highest BCUT2D eigenvalue weighted by Crippen LogP contribution is 1.99. The number of esters is 1. The van der Waals surface area contributed by atoms with E-state index >= 15 is 0 Å². The van der Waals surface area contributed by atoms with Crippen LogP contribution in [0.1, 0.15) is 41.5 Å². The summed E-state index contributed by atoms with van der Waals surface area (Å²) in [6.07, 6.45) is 0.992. The lowest BCUT2D eigenvalue weighted by molar-refractivity contribution is -0.169. The molecule has 0 aliphatic heterocycles. The molecule has 128 valence electrons. The van der Waals surface area contributed by atoms with Crippen LogP contribution in [0, 0.1) is 0 Å². The van der Waals surface area contributed by atoms with Crippen LogP contribution in [-0.2, 0) is 23.8 Å². The maximum absolute atomic E-state index is 10.8. The average Bonchev–Trinajstić information content (AvgIpc) is 2.39. The highest BCUT2D eigenvalue weighted by Gasteiger charge is 2.08. The Morgan fingerprint density at radius 2 is 1.64 bits per heavy atom. The number of carbonyl (C=O) groups is 2. The number of hydrogen-bond donors (Lipinski definition) is 1. The third kappa shape index (κ3) is 13.3. The zero-order valence-corrected chi connectivity index (χ0v) is 14.3.